The van der Waals surface area contributed by atoms with E-state index in [1.54, 1.807) is 24.3 Å². The summed E-state index contributed by atoms with van der Waals surface area (Å²) in [6, 6.07) is 10.6. The van der Waals surface area contributed by atoms with Gasteiger partial charge < -0.3 is 9.47 Å². The highest BCUT2D eigenvalue weighted by atomic mass is 32.1. The SMILES string of the molecule is COc1ccccc1OC(=O)c1cccs1. The molecule has 0 spiro atoms. The number of methoxy groups -OCH3 is 1. The fourth-order valence-corrected chi connectivity index (χ4v) is 1.85. The maximum atomic E-state index is 11.7. The predicted molar refractivity (Wildman–Crippen MR) is 62.3 cm³/mol. The number of carbonyl (C=O) groups excluding carboxylic acids is 1. The quantitative estimate of drug-likeness (QED) is 0.605. The summed E-state index contributed by atoms with van der Waals surface area (Å²) < 4.78 is 10.3. The third kappa shape index (κ3) is 2.23. The molecule has 0 N–H and O–H groups in total. The summed E-state index contributed by atoms with van der Waals surface area (Å²) in [5.41, 5.74) is 0. The van der Waals surface area contributed by atoms with Gasteiger partial charge in [-0.3, -0.25) is 0 Å². The van der Waals surface area contributed by atoms with Gasteiger partial charge in [0.15, 0.2) is 11.5 Å². The zero-order valence-electron chi connectivity index (χ0n) is 8.67. The fourth-order valence-electron chi connectivity index (χ4n) is 1.25. The molecule has 82 valence electrons. The smallest absolute Gasteiger partial charge is 0.353 e. The van der Waals surface area contributed by atoms with Crippen LogP contribution in [0.3, 0.4) is 0 Å². The first-order valence-electron chi connectivity index (χ1n) is 4.70. The van der Waals surface area contributed by atoms with E-state index in [1.165, 1.54) is 18.4 Å². The number of ether oxygens (including phenoxy) is 2. The summed E-state index contributed by atoms with van der Waals surface area (Å²) in [7, 11) is 1.54. The zero-order chi connectivity index (χ0) is 11.4. The summed E-state index contributed by atoms with van der Waals surface area (Å²) >= 11 is 1.35. The number of rotatable bonds is 3. The lowest BCUT2D eigenvalue weighted by atomic mass is 10.3. The molecule has 0 atom stereocenters. The molecule has 2 aromatic rings. The van der Waals surface area contributed by atoms with E-state index in [1.807, 2.05) is 17.5 Å². The Bertz CT molecular complexity index is 477. The van der Waals surface area contributed by atoms with E-state index in [0.717, 1.165) is 0 Å². The third-order valence-corrected chi connectivity index (χ3v) is 2.84. The highest BCUT2D eigenvalue weighted by molar-refractivity contribution is 7.12. The molecule has 1 aromatic carbocycles. The Balaban J connectivity index is 2.18. The number of carbonyl (C=O) groups is 1. The van der Waals surface area contributed by atoms with Crippen LogP contribution in [-0.2, 0) is 0 Å². The molecule has 2 rings (SSSR count). The van der Waals surface area contributed by atoms with E-state index >= 15 is 0 Å². The first-order chi connectivity index (χ1) is 7.81. The van der Waals surface area contributed by atoms with Crippen LogP contribution in [0.4, 0.5) is 0 Å². The average Bonchev–Trinajstić information content (AvgIpc) is 2.83. The van der Waals surface area contributed by atoms with Crippen LogP contribution < -0.4 is 9.47 Å². The molecule has 0 aliphatic heterocycles. The zero-order valence-corrected chi connectivity index (χ0v) is 9.49. The van der Waals surface area contributed by atoms with E-state index in [-0.39, 0.29) is 5.97 Å². The minimum Gasteiger partial charge on any atom is -0.493 e. The van der Waals surface area contributed by atoms with Crippen LogP contribution in [0.5, 0.6) is 11.5 Å². The first-order valence-corrected chi connectivity index (χ1v) is 5.58. The van der Waals surface area contributed by atoms with Crippen molar-refractivity contribution in [2.24, 2.45) is 0 Å². The maximum absolute atomic E-state index is 11.7. The van der Waals surface area contributed by atoms with Crippen LogP contribution in [-0.4, -0.2) is 13.1 Å². The van der Waals surface area contributed by atoms with Crippen molar-refractivity contribution in [1.29, 1.82) is 0 Å². The van der Waals surface area contributed by atoms with Crippen LogP contribution in [0.1, 0.15) is 9.67 Å². The van der Waals surface area contributed by atoms with Crippen molar-refractivity contribution < 1.29 is 14.3 Å². The lowest BCUT2D eigenvalue weighted by Gasteiger charge is -2.07. The third-order valence-electron chi connectivity index (χ3n) is 1.99. The number of hydrogen-bond donors (Lipinski definition) is 0. The molecular weight excluding hydrogens is 224 g/mol. The number of esters is 1. The molecule has 0 radical (unpaired) electrons. The molecule has 0 saturated heterocycles. The van der Waals surface area contributed by atoms with E-state index < -0.39 is 0 Å². The Morgan fingerprint density at radius 2 is 1.88 bits per heavy atom. The Morgan fingerprint density at radius 3 is 2.50 bits per heavy atom. The van der Waals surface area contributed by atoms with Crippen LogP contribution in [0.25, 0.3) is 0 Å². The van der Waals surface area contributed by atoms with Crippen molar-refractivity contribution in [1.82, 2.24) is 0 Å². The molecular formula is C12H10O3S. The first kappa shape index (κ1) is 10.7. The molecule has 0 unspecified atom stereocenters. The number of hydrogen-bond acceptors (Lipinski definition) is 4. The molecule has 0 bridgehead atoms. The Morgan fingerprint density at radius 1 is 1.12 bits per heavy atom. The minimum absolute atomic E-state index is 0.362. The molecule has 3 nitrogen and oxygen atoms in total. The Kier molecular flexibility index (Phi) is 3.22. The minimum atomic E-state index is -0.362. The lowest BCUT2D eigenvalue weighted by Crippen LogP contribution is -2.07. The van der Waals surface area contributed by atoms with Gasteiger partial charge in [0.1, 0.15) is 4.88 Å². The molecule has 0 fully saturated rings. The monoisotopic (exact) mass is 234 g/mol. The van der Waals surface area contributed by atoms with E-state index in [9.17, 15) is 4.79 Å². The van der Waals surface area contributed by atoms with Crippen molar-refractivity contribution in [2.75, 3.05) is 7.11 Å². The molecule has 0 saturated carbocycles. The lowest BCUT2D eigenvalue weighted by molar-refractivity contribution is 0.0735. The van der Waals surface area contributed by atoms with Gasteiger partial charge in [0.05, 0.1) is 7.11 Å². The van der Waals surface area contributed by atoms with Gasteiger partial charge in [0.2, 0.25) is 0 Å². The maximum Gasteiger partial charge on any atom is 0.353 e. The Hall–Kier alpha value is -1.81. The van der Waals surface area contributed by atoms with Gasteiger partial charge in [-0.25, -0.2) is 4.79 Å². The largest absolute Gasteiger partial charge is 0.493 e. The van der Waals surface area contributed by atoms with Gasteiger partial charge in [-0.2, -0.15) is 0 Å². The second-order valence-electron chi connectivity index (χ2n) is 3.02. The van der Waals surface area contributed by atoms with Gasteiger partial charge >= 0.3 is 5.97 Å². The van der Waals surface area contributed by atoms with Crippen molar-refractivity contribution in [3.8, 4) is 11.5 Å². The molecule has 0 amide bonds. The number of para-hydroxylation sites is 2. The van der Waals surface area contributed by atoms with Crippen LogP contribution >= 0.6 is 11.3 Å². The topological polar surface area (TPSA) is 35.5 Å². The van der Waals surface area contributed by atoms with Crippen LogP contribution in [0.15, 0.2) is 41.8 Å². The molecule has 16 heavy (non-hydrogen) atoms. The van der Waals surface area contributed by atoms with Gasteiger partial charge in [-0.15, -0.1) is 11.3 Å². The second kappa shape index (κ2) is 4.81. The summed E-state index contributed by atoms with van der Waals surface area (Å²) in [5.74, 6) is 0.621. The summed E-state index contributed by atoms with van der Waals surface area (Å²) in [4.78, 5) is 12.3. The molecule has 4 heteroatoms. The Labute approximate surface area is 97.2 Å². The van der Waals surface area contributed by atoms with Crippen LogP contribution in [0, 0.1) is 0 Å². The van der Waals surface area contributed by atoms with Crippen molar-refractivity contribution in [2.45, 2.75) is 0 Å². The molecule has 1 heterocycles. The predicted octanol–water partition coefficient (Wildman–Crippen LogP) is 2.98. The molecule has 1 aromatic heterocycles. The standard InChI is InChI=1S/C12H10O3S/c1-14-9-5-2-3-6-10(9)15-12(13)11-7-4-8-16-11/h2-8H,1H3. The fraction of sp³-hybridized carbons (Fsp3) is 0.0833. The van der Waals surface area contributed by atoms with E-state index in [2.05, 4.69) is 0 Å². The van der Waals surface area contributed by atoms with E-state index in [4.69, 9.17) is 9.47 Å². The number of benzene rings is 1. The normalized spacial score (nSPS) is 9.81. The van der Waals surface area contributed by atoms with Crippen molar-refractivity contribution in [3.63, 3.8) is 0 Å². The molecule has 0 aliphatic carbocycles. The van der Waals surface area contributed by atoms with Gasteiger partial charge in [0, 0.05) is 0 Å². The average molecular weight is 234 g/mol. The van der Waals surface area contributed by atoms with Gasteiger partial charge in [-0.1, -0.05) is 18.2 Å². The summed E-state index contributed by atoms with van der Waals surface area (Å²) in [6.45, 7) is 0. The highest BCUT2D eigenvalue weighted by Gasteiger charge is 2.12. The second-order valence-corrected chi connectivity index (χ2v) is 3.97. The summed E-state index contributed by atoms with van der Waals surface area (Å²) in [5, 5.41) is 1.83. The number of thiophene rings is 1. The van der Waals surface area contributed by atoms with Gasteiger partial charge in [-0.05, 0) is 23.6 Å². The van der Waals surface area contributed by atoms with Crippen LogP contribution in [0.2, 0.25) is 0 Å². The van der Waals surface area contributed by atoms with Crippen molar-refractivity contribution >= 4 is 17.3 Å². The van der Waals surface area contributed by atoms with E-state index in [0.29, 0.717) is 16.4 Å². The summed E-state index contributed by atoms with van der Waals surface area (Å²) in [6.07, 6.45) is 0. The molecule has 0 aliphatic rings. The van der Waals surface area contributed by atoms with Crippen molar-refractivity contribution in [3.05, 3.63) is 46.7 Å². The van der Waals surface area contributed by atoms with Gasteiger partial charge in [0.25, 0.3) is 0 Å². The highest BCUT2D eigenvalue weighted by Crippen LogP contribution is 2.27.